The molecule has 1 saturated carbocycles. The third-order valence-corrected chi connectivity index (χ3v) is 4.59. The first-order valence-corrected chi connectivity index (χ1v) is 7.88. The third kappa shape index (κ3) is 6.86. The molecular formula is C13H27ClN2OS. The van der Waals surface area contributed by atoms with Crippen LogP contribution in [0, 0.1) is 0 Å². The Bertz CT molecular complexity index is 227. The molecule has 1 aliphatic rings. The molecule has 1 fully saturated rings. The van der Waals surface area contributed by atoms with Crippen LogP contribution in [0.5, 0.6) is 0 Å². The zero-order chi connectivity index (χ0) is 12.5. The quantitative estimate of drug-likeness (QED) is 0.709. The second-order valence-corrected chi connectivity index (χ2v) is 6.18. The van der Waals surface area contributed by atoms with E-state index < -0.39 is 0 Å². The molecule has 0 radical (unpaired) electrons. The van der Waals surface area contributed by atoms with Crippen LogP contribution in [0.25, 0.3) is 0 Å². The van der Waals surface area contributed by atoms with Crippen molar-refractivity contribution in [3.05, 3.63) is 0 Å². The fourth-order valence-electron chi connectivity index (χ4n) is 2.38. The Morgan fingerprint density at radius 2 is 2.06 bits per heavy atom. The zero-order valence-corrected chi connectivity index (χ0v) is 13.2. The summed E-state index contributed by atoms with van der Waals surface area (Å²) < 4.78 is 0. The van der Waals surface area contributed by atoms with Crippen LogP contribution >= 0.6 is 24.2 Å². The average molecular weight is 295 g/mol. The van der Waals surface area contributed by atoms with Gasteiger partial charge in [0.1, 0.15) is 0 Å². The van der Waals surface area contributed by atoms with Gasteiger partial charge in [0.15, 0.2) is 0 Å². The largest absolute Gasteiger partial charge is 0.352 e. The van der Waals surface area contributed by atoms with Gasteiger partial charge in [0.25, 0.3) is 0 Å². The first-order chi connectivity index (χ1) is 8.27. The van der Waals surface area contributed by atoms with Crippen molar-refractivity contribution >= 4 is 30.1 Å². The molecule has 0 aromatic rings. The number of hydrogen-bond acceptors (Lipinski definition) is 3. The van der Waals surface area contributed by atoms with Gasteiger partial charge >= 0.3 is 0 Å². The highest BCUT2D eigenvalue weighted by Crippen LogP contribution is 2.28. The summed E-state index contributed by atoms with van der Waals surface area (Å²) in [7, 11) is 1.92. The van der Waals surface area contributed by atoms with Gasteiger partial charge in [-0.1, -0.05) is 19.8 Å². The number of amides is 1. The van der Waals surface area contributed by atoms with Crippen molar-refractivity contribution in [2.24, 2.45) is 0 Å². The van der Waals surface area contributed by atoms with Crippen LogP contribution in [-0.2, 0) is 4.79 Å². The van der Waals surface area contributed by atoms with Crippen LogP contribution < -0.4 is 10.6 Å². The fraction of sp³-hybridized carbons (Fsp3) is 0.923. The first kappa shape index (κ1) is 18.1. The summed E-state index contributed by atoms with van der Waals surface area (Å²) in [6.07, 6.45) is 6.60. The molecule has 0 aromatic carbocycles. The van der Waals surface area contributed by atoms with E-state index in [0.29, 0.717) is 17.7 Å². The number of nitrogens with one attached hydrogen (secondary N) is 2. The van der Waals surface area contributed by atoms with E-state index >= 15 is 0 Å². The Balaban J connectivity index is 0.00000289. The van der Waals surface area contributed by atoms with Gasteiger partial charge in [-0.2, -0.15) is 11.8 Å². The van der Waals surface area contributed by atoms with Crippen LogP contribution in [0.3, 0.4) is 0 Å². The topological polar surface area (TPSA) is 41.1 Å². The minimum atomic E-state index is 0. The molecule has 0 spiro atoms. The van der Waals surface area contributed by atoms with E-state index in [4.69, 9.17) is 0 Å². The smallest absolute Gasteiger partial charge is 0.220 e. The highest BCUT2D eigenvalue weighted by Gasteiger charge is 2.25. The van der Waals surface area contributed by atoms with Crippen molar-refractivity contribution in [2.75, 3.05) is 19.3 Å². The Hall–Kier alpha value is 0.0700. The van der Waals surface area contributed by atoms with E-state index in [-0.39, 0.29) is 18.3 Å². The van der Waals surface area contributed by atoms with Crippen molar-refractivity contribution in [2.45, 2.75) is 56.7 Å². The molecule has 1 amide bonds. The van der Waals surface area contributed by atoms with Crippen LogP contribution in [0.4, 0.5) is 0 Å². The van der Waals surface area contributed by atoms with Gasteiger partial charge in [0.2, 0.25) is 5.91 Å². The number of hydrogen-bond donors (Lipinski definition) is 2. The molecule has 18 heavy (non-hydrogen) atoms. The van der Waals surface area contributed by atoms with Gasteiger partial charge in [0, 0.05) is 17.7 Å². The predicted molar refractivity (Wildman–Crippen MR) is 82.7 cm³/mol. The summed E-state index contributed by atoms with van der Waals surface area (Å²) in [5, 5.41) is 6.94. The van der Waals surface area contributed by atoms with E-state index in [1.165, 1.54) is 19.3 Å². The van der Waals surface area contributed by atoms with Gasteiger partial charge in [-0.3, -0.25) is 4.79 Å². The van der Waals surface area contributed by atoms with Crippen LogP contribution in [0.15, 0.2) is 0 Å². The van der Waals surface area contributed by atoms with Crippen molar-refractivity contribution in [1.29, 1.82) is 0 Å². The van der Waals surface area contributed by atoms with E-state index in [0.717, 1.165) is 25.1 Å². The predicted octanol–water partition coefficient (Wildman–Crippen LogP) is 2.59. The number of carbonyl (C=O) groups excluding carboxylic acids is 1. The van der Waals surface area contributed by atoms with Gasteiger partial charge in [0.05, 0.1) is 0 Å². The lowest BCUT2D eigenvalue weighted by atomic mass is 9.94. The van der Waals surface area contributed by atoms with E-state index in [1.807, 2.05) is 18.8 Å². The Kier molecular flexibility index (Phi) is 11.0. The lowest BCUT2D eigenvalue weighted by Crippen LogP contribution is -2.43. The van der Waals surface area contributed by atoms with Gasteiger partial charge in [-0.05, 0) is 38.6 Å². The molecule has 108 valence electrons. The summed E-state index contributed by atoms with van der Waals surface area (Å²) in [6.45, 7) is 3.12. The number of rotatable bonds is 7. The molecule has 2 N–H and O–H groups in total. The standard InChI is InChI=1S/C13H26N2OS.ClH/c1-3-17-12-8-5-4-7-11(12)15-13(16)9-6-10-14-2;/h11-12,14H,3-10H2,1-2H3,(H,15,16);1H. The van der Waals surface area contributed by atoms with Gasteiger partial charge < -0.3 is 10.6 Å². The molecule has 1 aliphatic carbocycles. The highest BCUT2D eigenvalue weighted by atomic mass is 35.5. The molecule has 0 aromatic heterocycles. The minimum absolute atomic E-state index is 0. The Morgan fingerprint density at radius 1 is 1.33 bits per heavy atom. The normalized spacial score (nSPS) is 23.2. The maximum absolute atomic E-state index is 11.8. The van der Waals surface area contributed by atoms with Crippen molar-refractivity contribution in [3.8, 4) is 0 Å². The van der Waals surface area contributed by atoms with Crippen LogP contribution in [0.1, 0.15) is 45.4 Å². The first-order valence-electron chi connectivity index (χ1n) is 6.83. The molecular weight excluding hydrogens is 268 g/mol. The molecule has 0 saturated heterocycles. The second kappa shape index (κ2) is 10.9. The van der Waals surface area contributed by atoms with Crippen molar-refractivity contribution < 1.29 is 4.79 Å². The molecule has 1 rings (SSSR count). The minimum Gasteiger partial charge on any atom is -0.352 e. The van der Waals surface area contributed by atoms with Gasteiger partial charge in [-0.25, -0.2) is 0 Å². The molecule has 2 unspecified atom stereocenters. The summed E-state index contributed by atoms with van der Waals surface area (Å²) in [6, 6.07) is 0.413. The summed E-state index contributed by atoms with van der Waals surface area (Å²) in [5.74, 6) is 1.38. The number of halogens is 1. The van der Waals surface area contributed by atoms with E-state index in [9.17, 15) is 4.79 Å². The molecule has 0 bridgehead atoms. The summed E-state index contributed by atoms with van der Waals surface area (Å²) >= 11 is 2.00. The van der Waals surface area contributed by atoms with E-state index in [2.05, 4.69) is 17.6 Å². The molecule has 0 aliphatic heterocycles. The lowest BCUT2D eigenvalue weighted by molar-refractivity contribution is -0.122. The molecule has 5 heteroatoms. The van der Waals surface area contributed by atoms with Crippen molar-refractivity contribution in [3.63, 3.8) is 0 Å². The molecule has 0 heterocycles. The molecule has 3 nitrogen and oxygen atoms in total. The van der Waals surface area contributed by atoms with Crippen LogP contribution in [-0.4, -0.2) is 36.5 Å². The Morgan fingerprint density at radius 3 is 2.72 bits per heavy atom. The van der Waals surface area contributed by atoms with Gasteiger partial charge in [-0.15, -0.1) is 12.4 Å². The zero-order valence-electron chi connectivity index (χ0n) is 11.5. The average Bonchev–Trinajstić information content (AvgIpc) is 2.32. The lowest BCUT2D eigenvalue weighted by Gasteiger charge is -2.31. The second-order valence-electron chi connectivity index (χ2n) is 4.66. The summed E-state index contributed by atoms with van der Waals surface area (Å²) in [5.41, 5.74) is 0. The number of carbonyl (C=O) groups is 1. The van der Waals surface area contributed by atoms with Crippen molar-refractivity contribution in [1.82, 2.24) is 10.6 Å². The fourth-order valence-corrected chi connectivity index (χ4v) is 3.58. The SMILES string of the molecule is CCSC1CCCCC1NC(=O)CCCNC.Cl. The molecule has 2 atom stereocenters. The maximum Gasteiger partial charge on any atom is 0.220 e. The van der Waals surface area contributed by atoms with E-state index in [1.54, 1.807) is 0 Å². The Labute approximate surface area is 122 Å². The third-order valence-electron chi connectivity index (χ3n) is 3.26. The maximum atomic E-state index is 11.8. The monoisotopic (exact) mass is 294 g/mol. The highest BCUT2D eigenvalue weighted by molar-refractivity contribution is 7.99. The number of thioether (sulfide) groups is 1. The summed E-state index contributed by atoms with van der Waals surface area (Å²) in [4.78, 5) is 11.8. The van der Waals surface area contributed by atoms with Crippen LogP contribution in [0.2, 0.25) is 0 Å².